The second-order valence-electron chi connectivity index (χ2n) is 5.39. The maximum Gasteiger partial charge on any atom is 0.255 e. The van der Waals surface area contributed by atoms with Gasteiger partial charge in [-0.2, -0.15) is 0 Å². The molecule has 2 rings (SSSR count). The van der Waals surface area contributed by atoms with Crippen LogP contribution in [0.4, 0.5) is 5.69 Å². The lowest BCUT2D eigenvalue weighted by atomic mass is 10.2. The Balaban J connectivity index is 1.84. The molecule has 2 aromatic carbocycles. The van der Waals surface area contributed by atoms with Crippen molar-refractivity contribution >= 4 is 34.8 Å². The number of ether oxygens (including phenoxy) is 2. The van der Waals surface area contributed by atoms with Crippen molar-refractivity contribution in [2.75, 3.05) is 25.1 Å². The second kappa shape index (κ2) is 10.3. The molecule has 0 aliphatic heterocycles. The minimum atomic E-state index is -0.265. The molecule has 0 fully saturated rings. The van der Waals surface area contributed by atoms with Crippen molar-refractivity contribution in [3.63, 3.8) is 0 Å². The zero-order valence-corrected chi connectivity index (χ0v) is 15.6. The standard InChI is InChI=1S/C19H21Cl2NO3/c1-2-3-11-24-12-13-25-15-9-7-14(8-10-15)19(23)22-17-6-4-5-16(20)18(17)21/h4-10H,2-3,11-13H2,1H3,(H,22,23). The van der Waals surface area contributed by atoms with Crippen molar-refractivity contribution < 1.29 is 14.3 Å². The first kappa shape index (κ1) is 19.6. The molecule has 0 heterocycles. The van der Waals surface area contributed by atoms with Crippen LogP contribution in [0.15, 0.2) is 42.5 Å². The third-order valence-electron chi connectivity index (χ3n) is 3.45. The van der Waals surface area contributed by atoms with E-state index in [2.05, 4.69) is 12.2 Å². The molecule has 0 saturated heterocycles. The van der Waals surface area contributed by atoms with E-state index >= 15 is 0 Å². The Bertz CT molecular complexity index is 690. The van der Waals surface area contributed by atoms with Crippen LogP contribution in [0.1, 0.15) is 30.1 Å². The van der Waals surface area contributed by atoms with Gasteiger partial charge in [0.2, 0.25) is 0 Å². The number of anilines is 1. The van der Waals surface area contributed by atoms with Gasteiger partial charge in [-0.25, -0.2) is 0 Å². The predicted octanol–water partition coefficient (Wildman–Crippen LogP) is 5.44. The average Bonchev–Trinajstić information content (AvgIpc) is 2.62. The fourth-order valence-electron chi connectivity index (χ4n) is 2.06. The van der Waals surface area contributed by atoms with Gasteiger partial charge in [-0.05, 0) is 42.8 Å². The molecule has 6 heteroatoms. The van der Waals surface area contributed by atoms with Crippen LogP contribution in [-0.4, -0.2) is 25.7 Å². The van der Waals surface area contributed by atoms with Crippen LogP contribution in [0.3, 0.4) is 0 Å². The van der Waals surface area contributed by atoms with Gasteiger partial charge in [0.15, 0.2) is 0 Å². The van der Waals surface area contributed by atoms with E-state index in [0.29, 0.717) is 40.3 Å². The Morgan fingerprint density at radius 3 is 2.52 bits per heavy atom. The SMILES string of the molecule is CCCCOCCOc1ccc(C(=O)Nc2cccc(Cl)c2Cl)cc1. The number of halogens is 2. The van der Waals surface area contributed by atoms with E-state index in [1.807, 2.05) is 0 Å². The highest BCUT2D eigenvalue weighted by Gasteiger charge is 2.10. The summed E-state index contributed by atoms with van der Waals surface area (Å²) in [6.07, 6.45) is 2.17. The summed E-state index contributed by atoms with van der Waals surface area (Å²) in [4.78, 5) is 12.3. The number of unbranched alkanes of at least 4 members (excludes halogenated alkanes) is 1. The Morgan fingerprint density at radius 2 is 1.80 bits per heavy atom. The lowest BCUT2D eigenvalue weighted by molar-refractivity contribution is 0.0979. The van der Waals surface area contributed by atoms with Gasteiger partial charge in [0.05, 0.1) is 22.3 Å². The summed E-state index contributed by atoms with van der Waals surface area (Å²) in [6, 6.07) is 12.0. The van der Waals surface area contributed by atoms with Crippen LogP contribution in [0, 0.1) is 0 Å². The lowest BCUT2D eigenvalue weighted by Crippen LogP contribution is -2.12. The summed E-state index contributed by atoms with van der Waals surface area (Å²) in [6.45, 7) is 3.91. The maximum absolute atomic E-state index is 12.3. The quantitative estimate of drug-likeness (QED) is 0.588. The third-order valence-corrected chi connectivity index (χ3v) is 4.27. The fraction of sp³-hybridized carbons (Fsp3) is 0.316. The first-order chi connectivity index (χ1) is 12.1. The molecule has 0 saturated carbocycles. The van der Waals surface area contributed by atoms with Crippen molar-refractivity contribution in [3.8, 4) is 5.75 Å². The highest BCUT2D eigenvalue weighted by molar-refractivity contribution is 6.44. The summed E-state index contributed by atoms with van der Waals surface area (Å²) in [5.41, 5.74) is 0.978. The van der Waals surface area contributed by atoms with Crippen LogP contribution in [-0.2, 0) is 4.74 Å². The molecule has 1 N–H and O–H groups in total. The third kappa shape index (κ3) is 6.24. The molecule has 0 radical (unpaired) electrons. The Hall–Kier alpha value is -1.75. The van der Waals surface area contributed by atoms with Gasteiger partial charge in [-0.15, -0.1) is 0 Å². The number of amides is 1. The molecule has 0 bridgehead atoms. The van der Waals surface area contributed by atoms with E-state index in [-0.39, 0.29) is 5.91 Å². The van der Waals surface area contributed by atoms with E-state index < -0.39 is 0 Å². The molecule has 2 aromatic rings. The van der Waals surface area contributed by atoms with Crippen molar-refractivity contribution in [1.29, 1.82) is 0 Å². The van der Waals surface area contributed by atoms with Crippen LogP contribution < -0.4 is 10.1 Å². The van der Waals surface area contributed by atoms with Crippen molar-refractivity contribution in [2.24, 2.45) is 0 Å². The van der Waals surface area contributed by atoms with Gasteiger partial charge in [-0.3, -0.25) is 4.79 Å². The zero-order chi connectivity index (χ0) is 18.1. The molecule has 0 aliphatic carbocycles. The van der Waals surface area contributed by atoms with Gasteiger partial charge in [-0.1, -0.05) is 42.6 Å². The average molecular weight is 382 g/mol. The number of benzene rings is 2. The summed E-state index contributed by atoms with van der Waals surface area (Å²) >= 11 is 12.0. The van der Waals surface area contributed by atoms with Crippen molar-refractivity contribution in [3.05, 3.63) is 58.1 Å². The smallest absolute Gasteiger partial charge is 0.255 e. The molecule has 0 unspecified atom stereocenters. The number of carbonyl (C=O) groups is 1. The van der Waals surface area contributed by atoms with Crippen molar-refractivity contribution in [2.45, 2.75) is 19.8 Å². The number of rotatable bonds is 9. The first-order valence-corrected chi connectivity index (χ1v) is 8.93. The highest BCUT2D eigenvalue weighted by Crippen LogP contribution is 2.29. The van der Waals surface area contributed by atoms with Crippen LogP contribution >= 0.6 is 23.2 Å². The minimum absolute atomic E-state index is 0.265. The number of nitrogens with one attached hydrogen (secondary N) is 1. The van der Waals surface area contributed by atoms with Crippen LogP contribution in [0.2, 0.25) is 10.0 Å². The Kier molecular flexibility index (Phi) is 8.06. The summed E-state index contributed by atoms with van der Waals surface area (Å²) in [7, 11) is 0. The molecule has 0 spiro atoms. The number of carbonyl (C=O) groups excluding carboxylic acids is 1. The molecule has 4 nitrogen and oxygen atoms in total. The van der Waals surface area contributed by atoms with Gasteiger partial charge in [0, 0.05) is 12.2 Å². The molecule has 0 aliphatic rings. The monoisotopic (exact) mass is 381 g/mol. The second-order valence-corrected chi connectivity index (χ2v) is 6.18. The van der Waals surface area contributed by atoms with Gasteiger partial charge in [0.1, 0.15) is 12.4 Å². The van der Waals surface area contributed by atoms with E-state index in [9.17, 15) is 4.79 Å². The topological polar surface area (TPSA) is 47.6 Å². The van der Waals surface area contributed by atoms with E-state index in [1.54, 1.807) is 42.5 Å². The molecule has 25 heavy (non-hydrogen) atoms. The minimum Gasteiger partial charge on any atom is -0.491 e. The summed E-state index contributed by atoms with van der Waals surface area (Å²) in [5, 5.41) is 3.46. The summed E-state index contributed by atoms with van der Waals surface area (Å²) in [5.74, 6) is 0.426. The normalized spacial score (nSPS) is 10.5. The Morgan fingerprint density at radius 1 is 1.04 bits per heavy atom. The molecule has 0 aromatic heterocycles. The molecular formula is C19H21Cl2NO3. The van der Waals surface area contributed by atoms with Crippen LogP contribution in [0.25, 0.3) is 0 Å². The van der Waals surface area contributed by atoms with Crippen molar-refractivity contribution in [1.82, 2.24) is 0 Å². The Labute approximate surface area is 158 Å². The van der Waals surface area contributed by atoms with Gasteiger partial charge in [0.25, 0.3) is 5.91 Å². The predicted molar refractivity (Wildman–Crippen MR) is 102 cm³/mol. The van der Waals surface area contributed by atoms with Gasteiger partial charge >= 0.3 is 0 Å². The number of hydrogen-bond donors (Lipinski definition) is 1. The van der Waals surface area contributed by atoms with Gasteiger partial charge < -0.3 is 14.8 Å². The highest BCUT2D eigenvalue weighted by atomic mass is 35.5. The van der Waals surface area contributed by atoms with E-state index in [0.717, 1.165) is 19.4 Å². The number of hydrogen-bond acceptors (Lipinski definition) is 3. The lowest BCUT2D eigenvalue weighted by Gasteiger charge is -2.10. The summed E-state index contributed by atoms with van der Waals surface area (Å²) < 4.78 is 11.0. The van der Waals surface area contributed by atoms with E-state index in [4.69, 9.17) is 32.7 Å². The molecule has 134 valence electrons. The molecule has 1 amide bonds. The van der Waals surface area contributed by atoms with Crippen LogP contribution in [0.5, 0.6) is 5.75 Å². The first-order valence-electron chi connectivity index (χ1n) is 8.17. The van der Waals surface area contributed by atoms with E-state index in [1.165, 1.54) is 0 Å². The molecular weight excluding hydrogens is 361 g/mol. The largest absolute Gasteiger partial charge is 0.491 e. The fourth-order valence-corrected chi connectivity index (χ4v) is 2.41. The maximum atomic E-state index is 12.3. The molecule has 0 atom stereocenters. The zero-order valence-electron chi connectivity index (χ0n) is 14.1.